The highest BCUT2D eigenvalue weighted by Gasteiger charge is 1.96. The number of aromatic hydroxyl groups is 1. The first kappa shape index (κ1) is 11.2. The normalized spacial score (nSPS) is 12.9. The molecular formula is C12H12N2O3. The third kappa shape index (κ3) is 3.07. The van der Waals surface area contributed by atoms with Crippen LogP contribution in [0.1, 0.15) is 6.42 Å². The van der Waals surface area contributed by atoms with Gasteiger partial charge in [-0.2, -0.15) is 5.10 Å². The van der Waals surface area contributed by atoms with E-state index in [0.29, 0.717) is 5.58 Å². The van der Waals surface area contributed by atoms with Crippen molar-refractivity contribution >= 4 is 17.2 Å². The zero-order valence-corrected chi connectivity index (χ0v) is 9.09. The molecule has 3 rings (SSSR count). The molecule has 88 valence electrons. The molecule has 0 amide bonds. The second kappa shape index (κ2) is 5.16. The number of phenols is 1. The molecule has 1 aromatic carbocycles. The fourth-order valence-corrected chi connectivity index (χ4v) is 1.37. The van der Waals surface area contributed by atoms with Crippen LogP contribution in [0.25, 0.3) is 11.0 Å². The predicted molar refractivity (Wildman–Crippen MR) is 65.3 cm³/mol. The molecule has 0 saturated carbocycles. The van der Waals surface area contributed by atoms with Crippen LogP contribution in [-0.2, 0) is 0 Å². The summed E-state index contributed by atoms with van der Waals surface area (Å²) in [7, 11) is 0. The second-order valence-electron chi connectivity index (χ2n) is 3.49. The van der Waals surface area contributed by atoms with Gasteiger partial charge in [-0.15, -0.1) is 0 Å². The van der Waals surface area contributed by atoms with Gasteiger partial charge in [-0.3, -0.25) is 0 Å². The van der Waals surface area contributed by atoms with Gasteiger partial charge >= 0.3 is 5.63 Å². The van der Waals surface area contributed by atoms with Crippen molar-refractivity contribution in [1.82, 2.24) is 5.43 Å². The fraction of sp³-hybridized carbons (Fsp3) is 0.167. The van der Waals surface area contributed by atoms with Gasteiger partial charge in [0.15, 0.2) is 0 Å². The van der Waals surface area contributed by atoms with Crippen LogP contribution >= 0.6 is 0 Å². The van der Waals surface area contributed by atoms with Crippen molar-refractivity contribution in [2.24, 2.45) is 5.10 Å². The summed E-state index contributed by atoms with van der Waals surface area (Å²) in [6, 6.07) is 7.65. The number of phenolic OH excluding ortho intramolecular Hbond substituents is 1. The van der Waals surface area contributed by atoms with Gasteiger partial charge in [0.2, 0.25) is 0 Å². The van der Waals surface area contributed by atoms with Crippen LogP contribution in [0, 0.1) is 0 Å². The molecule has 5 nitrogen and oxygen atoms in total. The van der Waals surface area contributed by atoms with Crippen molar-refractivity contribution in [1.29, 1.82) is 0 Å². The van der Waals surface area contributed by atoms with Crippen LogP contribution in [0.2, 0.25) is 0 Å². The first-order valence-corrected chi connectivity index (χ1v) is 5.23. The molecular weight excluding hydrogens is 220 g/mol. The van der Waals surface area contributed by atoms with Crippen LogP contribution in [0.4, 0.5) is 0 Å². The molecule has 0 radical (unpaired) electrons. The minimum absolute atomic E-state index is 0.0943. The Hall–Kier alpha value is -2.30. The molecule has 1 aliphatic heterocycles. The number of nitrogens with one attached hydrogen (secondary N) is 1. The molecule has 0 atom stereocenters. The van der Waals surface area contributed by atoms with Crippen LogP contribution in [0.3, 0.4) is 0 Å². The Kier molecular flexibility index (Phi) is 3.40. The SMILES string of the molecule is C1=NNCC1.O=c1ccc2ccc(O)cc2o1. The zero-order valence-electron chi connectivity index (χ0n) is 9.09. The zero-order chi connectivity index (χ0) is 12.1. The summed E-state index contributed by atoms with van der Waals surface area (Å²) in [6.45, 7) is 1.03. The number of hydrogen-bond donors (Lipinski definition) is 2. The summed E-state index contributed by atoms with van der Waals surface area (Å²) in [5.41, 5.74) is 2.79. The fourth-order valence-electron chi connectivity index (χ4n) is 1.37. The highest BCUT2D eigenvalue weighted by Crippen LogP contribution is 2.17. The van der Waals surface area contributed by atoms with Crippen LogP contribution in [0.15, 0.2) is 44.6 Å². The molecule has 0 aliphatic carbocycles. The van der Waals surface area contributed by atoms with Crippen LogP contribution in [0.5, 0.6) is 5.75 Å². The number of hydrogen-bond acceptors (Lipinski definition) is 5. The quantitative estimate of drug-likeness (QED) is 0.674. The van der Waals surface area contributed by atoms with E-state index in [9.17, 15) is 4.79 Å². The Morgan fingerprint density at radius 2 is 2.12 bits per heavy atom. The van der Waals surface area contributed by atoms with Crippen molar-refractivity contribution in [3.63, 3.8) is 0 Å². The predicted octanol–water partition coefficient (Wildman–Crippen LogP) is 1.46. The molecule has 1 aromatic heterocycles. The lowest BCUT2D eigenvalue weighted by Crippen LogP contribution is -1.96. The molecule has 1 aliphatic rings. The van der Waals surface area contributed by atoms with Gasteiger partial charge in [0.1, 0.15) is 11.3 Å². The smallest absolute Gasteiger partial charge is 0.336 e. The molecule has 0 bridgehead atoms. The van der Waals surface area contributed by atoms with Crippen molar-refractivity contribution in [2.45, 2.75) is 6.42 Å². The van der Waals surface area contributed by atoms with E-state index in [-0.39, 0.29) is 5.75 Å². The van der Waals surface area contributed by atoms with Crippen molar-refractivity contribution in [2.75, 3.05) is 6.54 Å². The first-order valence-electron chi connectivity index (χ1n) is 5.23. The molecule has 2 N–H and O–H groups in total. The molecule has 0 unspecified atom stereocenters. The molecule has 2 aromatic rings. The second-order valence-corrected chi connectivity index (χ2v) is 3.49. The van der Waals surface area contributed by atoms with Gasteiger partial charge in [0, 0.05) is 36.7 Å². The van der Waals surface area contributed by atoms with E-state index in [2.05, 4.69) is 10.5 Å². The molecule has 5 heteroatoms. The largest absolute Gasteiger partial charge is 0.508 e. The Bertz CT molecular complexity index is 584. The summed E-state index contributed by atoms with van der Waals surface area (Å²) in [5, 5.41) is 13.6. The van der Waals surface area contributed by atoms with Crippen LogP contribution < -0.4 is 11.1 Å². The van der Waals surface area contributed by atoms with Gasteiger partial charge in [-0.25, -0.2) is 4.79 Å². The van der Waals surface area contributed by atoms with E-state index < -0.39 is 5.63 Å². The maximum Gasteiger partial charge on any atom is 0.336 e. The Labute approximate surface area is 97.4 Å². The average molecular weight is 232 g/mol. The van der Waals surface area contributed by atoms with E-state index >= 15 is 0 Å². The Morgan fingerprint density at radius 1 is 1.29 bits per heavy atom. The first-order chi connectivity index (χ1) is 8.25. The van der Waals surface area contributed by atoms with Gasteiger partial charge in [0.25, 0.3) is 0 Å². The number of nitrogens with zero attached hydrogens (tertiary/aromatic N) is 1. The lowest BCUT2D eigenvalue weighted by atomic mass is 10.2. The molecule has 0 spiro atoms. The maximum atomic E-state index is 10.7. The molecule has 0 saturated heterocycles. The minimum atomic E-state index is -0.409. The lowest BCUT2D eigenvalue weighted by Gasteiger charge is -1.94. The van der Waals surface area contributed by atoms with Gasteiger partial charge in [-0.05, 0) is 18.2 Å². The van der Waals surface area contributed by atoms with E-state index in [4.69, 9.17) is 9.52 Å². The van der Waals surface area contributed by atoms with Gasteiger partial charge in [0.05, 0.1) is 0 Å². The highest BCUT2D eigenvalue weighted by atomic mass is 16.4. The summed E-state index contributed by atoms with van der Waals surface area (Å²) in [4.78, 5) is 10.7. The summed E-state index contributed by atoms with van der Waals surface area (Å²) in [5.74, 6) is 0.0943. The highest BCUT2D eigenvalue weighted by molar-refractivity contribution is 5.77. The molecule has 0 fully saturated rings. The summed E-state index contributed by atoms with van der Waals surface area (Å²) < 4.78 is 4.83. The average Bonchev–Trinajstić information content (AvgIpc) is 2.87. The van der Waals surface area contributed by atoms with Gasteiger partial charge < -0.3 is 14.9 Å². The monoisotopic (exact) mass is 232 g/mol. The third-order valence-electron chi connectivity index (χ3n) is 2.17. The molecule has 2 heterocycles. The lowest BCUT2D eigenvalue weighted by molar-refractivity contribution is 0.473. The Morgan fingerprint density at radius 3 is 2.76 bits per heavy atom. The third-order valence-corrected chi connectivity index (χ3v) is 2.17. The topological polar surface area (TPSA) is 74.8 Å². The van der Waals surface area contributed by atoms with E-state index in [0.717, 1.165) is 18.4 Å². The van der Waals surface area contributed by atoms with E-state index in [1.54, 1.807) is 18.2 Å². The standard InChI is InChI=1S/C9H6O3.C3H6N2/c10-7-3-1-6-2-4-9(11)12-8(6)5-7;1-2-4-5-3-1/h1-5,10H;2,5H,1,3H2. The number of fused-ring (bicyclic) bond motifs is 1. The summed E-state index contributed by atoms with van der Waals surface area (Å²) >= 11 is 0. The maximum absolute atomic E-state index is 10.7. The number of hydrazone groups is 1. The number of rotatable bonds is 0. The van der Waals surface area contributed by atoms with Gasteiger partial charge in [-0.1, -0.05) is 0 Å². The number of benzene rings is 1. The van der Waals surface area contributed by atoms with Crippen molar-refractivity contribution in [3.8, 4) is 5.75 Å². The van der Waals surface area contributed by atoms with Crippen LogP contribution in [-0.4, -0.2) is 17.9 Å². The van der Waals surface area contributed by atoms with Crippen molar-refractivity contribution < 1.29 is 9.52 Å². The summed E-state index contributed by atoms with van der Waals surface area (Å²) in [6.07, 6.45) is 2.97. The Balaban J connectivity index is 0.000000181. The van der Waals surface area contributed by atoms with E-state index in [1.165, 1.54) is 12.1 Å². The van der Waals surface area contributed by atoms with Crippen molar-refractivity contribution in [3.05, 3.63) is 40.8 Å². The van der Waals surface area contributed by atoms with E-state index in [1.807, 2.05) is 6.21 Å². The minimum Gasteiger partial charge on any atom is -0.508 e. The molecule has 17 heavy (non-hydrogen) atoms.